The molecule has 3 rings (SSSR count). The zero-order valence-corrected chi connectivity index (χ0v) is 17.2. The molecule has 0 saturated heterocycles. The third kappa shape index (κ3) is 4.67. The summed E-state index contributed by atoms with van der Waals surface area (Å²) >= 11 is 7.92. The van der Waals surface area contributed by atoms with Crippen LogP contribution in [0.2, 0.25) is 5.02 Å². The van der Waals surface area contributed by atoms with Crippen molar-refractivity contribution in [3.8, 4) is 0 Å². The Labute approximate surface area is 168 Å². The predicted molar refractivity (Wildman–Crippen MR) is 112 cm³/mol. The van der Waals surface area contributed by atoms with E-state index in [1.54, 1.807) is 22.3 Å². The minimum Gasteiger partial charge on any atom is -0.337 e. The number of nitrogens with zero attached hydrogens (tertiary/aromatic N) is 3. The van der Waals surface area contributed by atoms with Crippen molar-refractivity contribution in [3.05, 3.63) is 80.3 Å². The lowest BCUT2D eigenvalue weighted by molar-refractivity contribution is -0.125. The lowest BCUT2D eigenvalue weighted by Gasteiger charge is -2.13. The van der Waals surface area contributed by atoms with Crippen LogP contribution < -0.4 is 0 Å². The second-order valence-corrected chi connectivity index (χ2v) is 7.88. The van der Waals surface area contributed by atoms with Crippen LogP contribution in [0.25, 0.3) is 6.08 Å². The number of likely N-dealkylation sites (N-methyl/N-ethyl adjacent to an activating group) is 1. The molecule has 0 unspecified atom stereocenters. The van der Waals surface area contributed by atoms with E-state index in [1.807, 2.05) is 73.4 Å². The molecule has 2 heterocycles. The summed E-state index contributed by atoms with van der Waals surface area (Å²) in [6.45, 7) is 5.18. The maximum atomic E-state index is 12.4. The lowest BCUT2D eigenvalue weighted by atomic mass is 10.1. The van der Waals surface area contributed by atoms with Gasteiger partial charge in [0.05, 0.1) is 18.8 Å². The Morgan fingerprint density at radius 2 is 2.04 bits per heavy atom. The van der Waals surface area contributed by atoms with E-state index in [4.69, 9.17) is 11.6 Å². The highest BCUT2D eigenvalue weighted by Crippen LogP contribution is 2.20. The number of thiophene rings is 1. The quantitative estimate of drug-likeness (QED) is 0.551. The number of carbonyl (C=O) groups is 1. The molecule has 3 aromatic rings. The predicted octanol–water partition coefficient (Wildman–Crippen LogP) is 4.93. The topological polar surface area (TPSA) is 38.1 Å². The van der Waals surface area contributed by atoms with Gasteiger partial charge in [0.1, 0.15) is 0 Å². The maximum Gasteiger partial charge on any atom is 0.246 e. The molecule has 4 nitrogen and oxygen atoms in total. The normalized spacial score (nSPS) is 11.3. The zero-order chi connectivity index (χ0) is 19.4. The van der Waals surface area contributed by atoms with Gasteiger partial charge in [-0.3, -0.25) is 9.48 Å². The van der Waals surface area contributed by atoms with Crippen LogP contribution in [0.1, 0.15) is 27.4 Å². The van der Waals surface area contributed by atoms with Crippen molar-refractivity contribution in [2.75, 3.05) is 7.05 Å². The fourth-order valence-electron chi connectivity index (χ4n) is 2.89. The van der Waals surface area contributed by atoms with Crippen LogP contribution in [-0.2, 0) is 17.9 Å². The van der Waals surface area contributed by atoms with Crippen molar-refractivity contribution in [1.82, 2.24) is 14.7 Å². The first-order chi connectivity index (χ1) is 13.0. The largest absolute Gasteiger partial charge is 0.337 e. The van der Waals surface area contributed by atoms with Gasteiger partial charge < -0.3 is 4.90 Å². The highest BCUT2D eigenvalue weighted by Gasteiger charge is 2.12. The lowest BCUT2D eigenvalue weighted by Crippen LogP contribution is -2.23. The first-order valence-corrected chi connectivity index (χ1v) is 9.94. The molecule has 2 aromatic heterocycles. The Balaban J connectivity index is 1.73. The Morgan fingerprint density at radius 1 is 1.26 bits per heavy atom. The number of aryl methyl sites for hydroxylation is 1. The maximum absolute atomic E-state index is 12.4. The van der Waals surface area contributed by atoms with E-state index in [-0.39, 0.29) is 5.91 Å². The van der Waals surface area contributed by atoms with E-state index >= 15 is 0 Å². The van der Waals surface area contributed by atoms with E-state index in [2.05, 4.69) is 5.10 Å². The Kier molecular flexibility index (Phi) is 6.14. The number of hydrogen-bond donors (Lipinski definition) is 0. The standard InChI is InChI=1S/C21H22ClN3OS/c1-15-19(10-11-21(26)24(3)14-18-8-6-12-27-18)16(2)25(23-15)13-17-7-4-5-9-20(17)22/h4-12H,13-14H2,1-3H3/b11-10+. The molecule has 0 N–H and O–H groups in total. The summed E-state index contributed by atoms with van der Waals surface area (Å²) in [5.41, 5.74) is 3.90. The number of benzene rings is 1. The average Bonchev–Trinajstić information content (AvgIpc) is 3.24. The molecular formula is C21H22ClN3OS. The summed E-state index contributed by atoms with van der Waals surface area (Å²) in [7, 11) is 1.81. The Bertz CT molecular complexity index is 960. The van der Waals surface area contributed by atoms with E-state index in [1.165, 1.54) is 4.88 Å². The van der Waals surface area contributed by atoms with E-state index in [0.717, 1.165) is 27.5 Å². The molecule has 27 heavy (non-hydrogen) atoms. The highest BCUT2D eigenvalue weighted by molar-refractivity contribution is 7.09. The van der Waals surface area contributed by atoms with Crippen LogP contribution >= 0.6 is 22.9 Å². The molecule has 0 atom stereocenters. The zero-order valence-electron chi connectivity index (χ0n) is 15.6. The third-order valence-electron chi connectivity index (χ3n) is 4.46. The fraction of sp³-hybridized carbons (Fsp3) is 0.238. The molecule has 0 bridgehead atoms. The van der Waals surface area contributed by atoms with Crippen molar-refractivity contribution in [3.63, 3.8) is 0 Å². The molecule has 0 saturated carbocycles. The van der Waals surface area contributed by atoms with Crippen LogP contribution in [0.4, 0.5) is 0 Å². The van der Waals surface area contributed by atoms with Gasteiger partial charge in [-0.2, -0.15) is 5.10 Å². The summed E-state index contributed by atoms with van der Waals surface area (Å²) in [5, 5.41) is 7.36. The van der Waals surface area contributed by atoms with Crippen LogP contribution in [-0.4, -0.2) is 27.6 Å². The van der Waals surface area contributed by atoms with Gasteiger partial charge in [-0.25, -0.2) is 0 Å². The fourth-order valence-corrected chi connectivity index (χ4v) is 3.84. The number of carbonyl (C=O) groups excluding carboxylic acids is 1. The first-order valence-electron chi connectivity index (χ1n) is 8.68. The molecular weight excluding hydrogens is 378 g/mol. The molecule has 0 fully saturated rings. The number of amides is 1. The number of hydrogen-bond acceptors (Lipinski definition) is 3. The van der Waals surface area contributed by atoms with Crippen LogP contribution in [0, 0.1) is 13.8 Å². The average molecular weight is 400 g/mol. The van der Waals surface area contributed by atoms with Gasteiger partial charge in [0.15, 0.2) is 0 Å². The monoisotopic (exact) mass is 399 g/mol. The molecule has 1 aromatic carbocycles. The second kappa shape index (κ2) is 8.55. The summed E-state index contributed by atoms with van der Waals surface area (Å²) < 4.78 is 1.93. The minimum atomic E-state index is -0.0268. The van der Waals surface area contributed by atoms with Crippen molar-refractivity contribution < 1.29 is 4.79 Å². The van der Waals surface area contributed by atoms with E-state index < -0.39 is 0 Å². The summed E-state index contributed by atoms with van der Waals surface area (Å²) in [4.78, 5) is 15.3. The smallest absolute Gasteiger partial charge is 0.246 e. The van der Waals surface area contributed by atoms with Gasteiger partial charge in [-0.15, -0.1) is 11.3 Å². The third-order valence-corrected chi connectivity index (χ3v) is 5.69. The molecule has 140 valence electrons. The first kappa shape index (κ1) is 19.4. The summed E-state index contributed by atoms with van der Waals surface area (Å²) in [5.74, 6) is -0.0268. The Hall–Kier alpha value is -2.37. The van der Waals surface area contributed by atoms with Gasteiger partial charge in [-0.1, -0.05) is 35.9 Å². The van der Waals surface area contributed by atoms with Crippen LogP contribution in [0.3, 0.4) is 0 Å². The molecule has 6 heteroatoms. The van der Waals surface area contributed by atoms with Gasteiger partial charge in [-0.05, 0) is 43.0 Å². The molecule has 0 aliphatic carbocycles. The van der Waals surface area contributed by atoms with Crippen LogP contribution in [0.15, 0.2) is 47.9 Å². The number of rotatable bonds is 6. The number of halogens is 1. The van der Waals surface area contributed by atoms with Gasteiger partial charge in [0.2, 0.25) is 5.91 Å². The minimum absolute atomic E-state index is 0.0268. The molecule has 0 radical (unpaired) electrons. The molecule has 1 amide bonds. The van der Waals surface area contributed by atoms with Crippen molar-refractivity contribution in [1.29, 1.82) is 0 Å². The summed E-state index contributed by atoms with van der Waals surface area (Å²) in [6, 6.07) is 11.8. The highest BCUT2D eigenvalue weighted by atomic mass is 35.5. The van der Waals surface area contributed by atoms with Crippen molar-refractivity contribution in [2.24, 2.45) is 0 Å². The Morgan fingerprint density at radius 3 is 2.74 bits per heavy atom. The molecule has 0 aliphatic rings. The van der Waals surface area contributed by atoms with Crippen LogP contribution in [0.5, 0.6) is 0 Å². The second-order valence-electron chi connectivity index (χ2n) is 6.44. The molecule has 0 spiro atoms. The van der Waals surface area contributed by atoms with Crippen molar-refractivity contribution in [2.45, 2.75) is 26.9 Å². The molecule has 0 aliphatic heterocycles. The SMILES string of the molecule is Cc1nn(Cc2ccccc2Cl)c(C)c1/C=C/C(=O)N(C)Cc1cccs1. The van der Waals surface area contributed by atoms with Gasteiger partial charge in [0, 0.05) is 34.3 Å². The van der Waals surface area contributed by atoms with Crippen molar-refractivity contribution >= 4 is 34.9 Å². The summed E-state index contributed by atoms with van der Waals surface area (Å²) in [6.07, 6.45) is 3.47. The van der Waals surface area contributed by atoms with E-state index in [9.17, 15) is 4.79 Å². The van der Waals surface area contributed by atoms with Gasteiger partial charge >= 0.3 is 0 Å². The van der Waals surface area contributed by atoms with Gasteiger partial charge in [0.25, 0.3) is 0 Å². The van der Waals surface area contributed by atoms with E-state index in [0.29, 0.717) is 13.1 Å². The number of aromatic nitrogens is 2.